The molecule has 0 saturated carbocycles. The molecule has 0 aliphatic heterocycles. The van der Waals surface area contributed by atoms with Crippen LogP contribution in [0.2, 0.25) is 5.02 Å². The molecule has 190 valence electrons. The van der Waals surface area contributed by atoms with E-state index >= 15 is 0 Å². The van der Waals surface area contributed by atoms with Crippen molar-refractivity contribution in [1.29, 1.82) is 0 Å². The van der Waals surface area contributed by atoms with E-state index in [-0.39, 0.29) is 16.4 Å². The third-order valence-electron chi connectivity index (χ3n) is 5.68. The maximum Gasteiger partial charge on any atom is 0.264 e. The number of amides is 1. The number of carbonyl (C=O) groups is 1. The van der Waals surface area contributed by atoms with Crippen LogP contribution < -0.4 is 9.73 Å². The monoisotopic (exact) mass is 538 g/mol. The van der Waals surface area contributed by atoms with E-state index in [1.54, 1.807) is 42.5 Å². The summed E-state index contributed by atoms with van der Waals surface area (Å²) in [5.74, 6) is -0.948. The van der Waals surface area contributed by atoms with E-state index in [1.807, 2.05) is 24.5 Å². The minimum Gasteiger partial charge on any atom is -0.318 e. The molecule has 0 atom stereocenters. The molecule has 1 heterocycles. The summed E-state index contributed by atoms with van der Waals surface area (Å²) in [6.07, 6.45) is 1.48. The van der Waals surface area contributed by atoms with Gasteiger partial charge in [0, 0.05) is 27.7 Å². The molecule has 0 aliphatic carbocycles. The van der Waals surface area contributed by atoms with Gasteiger partial charge in [-0.1, -0.05) is 29.8 Å². The first-order chi connectivity index (χ1) is 17.7. The van der Waals surface area contributed by atoms with E-state index in [1.165, 1.54) is 42.6 Å². The number of aryl methyl sites for hydroxylation is 1. The smallest absolute Gasteiger partial charge is 0.264 e. The molecule has 0 radical (unpaired) electrons. The van der Waals surface area contributed by atoms with Gasteiger partial charge in [0.2, 0.25) is 0 Å². The molecule has 4 aromatic rings. The number of hydrogen-bond donors (Lipinski definition) is 1. The number of carbonyl (C=O) groups excluding carboxylic acids is 1. The van der Waals surface area contributed by atoms with Gasteiger partial charge in [0.05, 0.1) is 16.8 Å². The molecular formula is C27H24ClFN4O3S. The fourth-order valence-electron chi connectivity index (χ4n) is 3.89. The lowest BCUT2D eigenvalue weighted by Crippen LogP contribution is -2.39. The Morgan fingerprint density at radius 2 is 1.68 bits per heavy atom. The number of anilines is 1. The molecule has 10 heteroatoms. The summed E-state index contributed by atoms with van der Waals surface area (Å²) in [5.41, 5.74) is 5.98. The second-order valence-electron chi connectivity index (χ2n) is 8.23. The van der Waals surface area contributed by atoms with Crippen molar-refractivity contribution >= 4 is 39.4 Å². The van der Waals surface area contributed by atoms with E-state index in [0.717, 1.165) is 26.9 Å². The Balaban J connectivity index is 1.53. The summed E-state index contributed by atoms with van der Waals surface area (Å²) in [6, 6.07) is 22.0. The molecule has 7 nitrogen and oxygen atoms in total. The quantitative estimate of drug-likeness (QED) is 0.246. The number of rotatable bonds is 8. The van der Waals surface area contributed by atoms with Gasteiger partial charge < -0.3 is 4.57 Å². The number of hydrogen-bond acceptors (Lipinski definition) is 4. The van der Waals surface area contributed by atoms with Crippen molar-refractivity contribution in [2.75, 3.05) is 10.8 Å². The summed E-state index contributed by atoms with van der Waals surface area (Å²) >= 11 is 5.97. The van der Waals surface area contributed by atoms with Crippen molar-refractivity contribution in [3.8, 4) is 5.69 Å². The molecule has 37 heavy (non-hydrogen) atoms. The average Bonchev–Trinajstić information content (AvgIpc) is 3.17. The van der Waals surface area contributed by atoms with Crippen LogP contribution in [0.1, 0.15) is 17.0 Å². The largest absolute Gasteiger partial charge is 0.318 e. The Kier molecular flexibility index (Phi) is 7.75. The lowest BCUT2D eigenvalue weighted by molar-refractivity contribution is -0.119. The van der Waals surface area contributed by atoms with Gasteiger partial charge in [-0.3, -0.25) is 9.10 Å². The predicted octanol–water partition coefficient (Wildman–Crippen LogP) is 5.23. The number of sulfonamides is 1. The van der Waals surface area contributed by atoms with Crippen LogP contribution in [-0.4, -0.2) is 31.7 Å². The third-order valence-corrected chi connectivity index (χ3v) is 7.72. The Hall–Kier alpha value is -3.95. The highest BCUT2D eigenvalue weighted by Crippen LogP contribution is 2.25. The van der Waals surface area contributed by atoms with Gasteiger partial charge in [0.1, 0.15) is 12.4 Å². The predicted molar refractivity (Wildman–Crippen MR) is 143 cm³/mol. The van der Waals surface area contributed by atoms with Gasteiger partial charge in [-0.25, -0.2) is 18.2 Å². The van der Waals surface area contributed by atoms with Gasteiger partial charge in [-0.15, -0.1) is 0 Å². The highest BCUT2D eigenvalue weighted by Gasteiger charge is 2.27. The normalized spacial score (nSPS) is 11.6. The first-order valence-electron chi connectivity index (χ1n) is 11.3. The third kappa shape index (κ3) is 5.90. The first kappa shape index (κ1) is 26.1. The van der Waals surface area contributed by atoms with Crippen LogP contribution in [0.15, 0.2) is 94.9 Å². The van der Waals surface area contributed by atoms with E-state index in [4.69, 9.17) is 11.6 Å². The molecule has 0 bridgehead atoms. The van der Waals surface area contributed by atoms with Gasteiger partial charge in [0.15, 0.2) is 0 Å². The second kappa shape index (κ2) is 11.0. The molecule has 1 amide bonds. The summed E-state index contributed by atoms with van der Waals surface area (Å²) in [7, 11) is -4.03. The van der Waals surface area contributed by atoms with Crippen LogP contribution >= 0.6 is 11.6 Å². The van der Waals surface area contributed by atoms with Crippen molar-refractivity contribution in [3.05, 3.63) is 113 Å². The van der Waals surface area contributed by atoms with E-state index in [0.29, 0.717) is 5.02 Å². The van der Waals surface area contributed by atoms with Crippen LogP contribution in [0.5, 0.6) is 0 Å². The van der Waals surface area contributed by atoms with Crippen molar-refractivity contribution in [1.82, 2.24) is 9.99 Å². The van der Waals surface area contributed by atoms with E-state index in [9.17, 15) is 17.6 Å². The van der Waals surface area contributed by atoms with Crippen LogP contribution in [-0.2, 0) is 14.8 Å². The van der Waals surface area contributed by atoms with E-state index in [2.05, 4.69) is 10.5 Å². The summed E-state index contributed by atoms with van der Waals surface area (Å²) in [4.78, 5) is 12.8. The lowest BCUT2D eigenvalue weighted by atomic mass is 10.2. The van der Waals surface area contributed by atoms with Crippen LogP contribution in [0.3, 0.4) is 0 Å². The van der Waals surface area contributed by atoms with Crippen LogP contribution in [0.4, 0.5) is 10.1 Å². The molecule has 0 unspecified atom stereocenters. The molecule has 0 saturated heterocycles. The first-order valence-corrected chi connectivity index (χ1v) is 13.1. The molecular weight excluding hydrogens is 515 g/mol. The van der Waals surface area contributed by atoms with Crippen molar-refractivity contribution in [2.24, 2.45) is 5.10 Å². The zero-order valence-electron chi connectivity index (χ0n) is 20.1. The van der Waals surface area contributed by atoms with Gasteiger partial charge in [-0.05, 0) is 80.6 Å². The molecule has 0 aliphatic rings. The Labute approximate surface area is 219 Å². The minimum absolute atomic E-state index is 0.0504. The average molecular weight is 539 g/mol. The topological polar surface area (TPSA) is 83.8 Å². The molecule has 1 aromatic heterocycles. The number of hydrazone groups is 1. The summed E-state index contributed by atoms with van der Waals surface area (Å²) in [5, 5.41) is 4.48. The summed E-state index contributed by atoms with van der Waals surface area (Å²) in [6.45, 7) is 3.30. The maximum atomic E-state index is 13.3. The zero-order chi connectivity index (χ0) is 26.6. The highest BCUT2D eigenvalue weighted by atomic mass is 35.5. The minimum atomic E-state index is -4.03. The fraction of sp³-hybridized carbons (Fsp3) is 0.111. The number of aromatic nitrogens is 1. The van der Waals surface area contributed by atoms with Crippen LogP contribution in [0, 0.1) is 19.7 Å². The SMILES string of the molecule is Cc1cc(/C=N\NC(=O)CN(c2ccc(Cl)cc2)S(=O)(=O)c2ccccc2)c(C)n1-c1ccc(F)cc1. The second-order valence-corrected chi connectivity index (χ2v) is 10.5. The number of nitrogens with one attached hydrogen (secondary N) is 1. The Morgan fingerprint density at radius 3 is 2.32 bits per heavy atom. The summed E-state index contributed by atoms with van der Waals surface area (Å²) < 4.78 is 42.9. The fourth-order valence-corrected chi connectivity index (χ4v) is 5.46. The Bertz CT molecular complexity index is 1540. The molecule has 4 rings (SSSR count). The lowest BCUT2D eigenvalue weighted by Gasteiger charge is -2.23. The standard InChI is InChI=1S/C27H24ClFN4O3S/c1-19-16-21(20(2)33(19)25-14-10-23(29)11-15-25)17-30-31-27(34)18-32(24-12-8-22(28)9-13-24)37(35,36)26-6-4-3-5-7-26/h3-17H,18H2,1-2H3,(H,31,34)/b30-17-. The molecule has 1 N–H and O–H groups in total. The van der Waals surface area contributed by atoms with Crippen molar-refractivity contribution in [3.63, 3.8) is 0 Å². The van der Waals surface area contributed by atoms with E-state index < -0.39 is 22.5 Å². The van der Waals surface area contributed by atoms with Gasteiger partial charge in [0.25, 0.3) is 15.9 Å². The van der Waals surface area contributed by atoms with Crippen molar-refractivity contribution < 1.29 is 17.6 Å². The highest BCUT2D eigenvalue weighted by molar-refractivity contribution is 7.92. The molecule has 3 aromatic carbocycles. The maximum absolute atomic E-state index is 13.3. The van der Waals surface area contributed by atoms with Gasteiger partial charge in [-0.2, -0.15) is 5.10 Å². The molecule has 0 spiro atoms. The van der Waals surface area contributed by atoms with Gasteiger partial charge >= 0.3 is 0 Å². The number of halogens is 2. The number of benzene rings is 3. The van der Waals surface area contributed by atoms with Crippen LogP contribution in [0.25, 0.3) is 5.69 Å². The number of nitrogens with zero attached hydrogens (tertiary/aromatic N) is 3. The van der Waals surface area contributed by atoms with Crippen molar-refractivity contribution in [2.45, 2.75) is 18.7 Å². The zero-order valence-corrected chi connectivity index (χ0v) is 21.7. The molecule has 0 fully saturated rings. The Morgan fingerprint density at radius 1 is 1.03 bits per heavy atom.